The molecule has 0 aromatic heterocycles. The van der Waals surface area contributed by atoms with Gasteiger partial charge in [0.1, 0.15) is 0 Å². The molecule has 1 aliphatic heterocycles. The molecule has 16 heavy (non-hydrogen) atoms. The largest absolute Gasteiger partial charge is 0.396 e. The van der Waals surface area contributed by atoms with Crippen LogP contribution in [0, 0.1) is 5.92 Å². The van der Waals surface area contributed by atoms with Gasteiger partial charge in [-0.25, -0.2) is 0 Å². The summed E-state index contributed by atoms with van der Waals surface area (Å²) in [6, 6.07) is -0.107. The highest BCUT2D eigenvalue weighted by molar-refractivity contribution is 5.79. The third-order valence-electron chi connectivity index (χ3n) is 2.72. The highest BCUT2D eigenvalue weighted by Crippen LogP contribution is 2.13. The number of aliphatic hydroxyl groups is 1. The summed E-state index contributed by atoms with van der Waals surface area (Å²) in [5.41, 5.74) is 0. The number of nitrogens with one attached hydrogen (secondary N) is 1. The molecule has 0 aliphatic carbocycles. The molecule has 1 fully saturated rings. The van der Waals surface area contributed by atoms with Crippen molar-refractivity contribution in [3.63, 3.8) is 0 Å². The second kappa shape index (κ2) is 7.60. The Morgan fingerprint density at radius 1 is 1.69 bits per heavy atom. The van der Waals surface area contributed by atoms with Gasteiger partial charge in [0.05, 0.1) is 25.2 Å². The maximum atomic E-state index is 11.8. The van der Waals surface area contributed by atoms with Crippen LogP contribution in [0.15, 0.2) is 0 Å². The molecule has 1 saturated heterocycles. The Morgan fingerprint density at radius 2 is 2.50 bits per heavy atom. The summed E-state index contributed by atoms with van der Waals surface area (Å²) in [7, 11) is 1.58. The number of hydrogen-bond donors (Lipinski definition) is 2. The average Bonchev–Trinajstić information content (AvgIpc) is 2.31. The maximum absolute atomic E-state index is 11.8. The fourth-order valence-electron chi connectivity index (χ4n) is 1.82. The number of rotatable bonds is 6. The van der Waals surface area contributed by atoms with Gasteiger partial charge >= 0.3 is 0 Å². The van der Waals surface area contributed by atoms with E-state index in [1.165, 1.54) is 0 Å². The highest BCUT2D eigenvalue weighted by Gasteiger charge is 2.23. The summed E-state index contributed by atoms with van der Waals surface area (Å²) < 4.78 is 10.3. The third kappa shape index (κ3) is 4.47. The predicted octanol–water partition coefficient (Wildman–Crippen LogP) is -0.0734. The molecule has 1 amide bonds. The van der Waals surface area contributed by atoms with Crippen LogP contribution in [0.2, 0.25) is 0 Å². The van der Waals surface area contributed by atoms with E-state index in [1.807, 2.05) is 0 Å². The Morgan fingerprint density at radius 3 is 3.06 bits per heavy atom. The summed E-state index contributed by atoms with van der Waals surface area (Å²) in [6.45, 7) is 1.74. The SMILES string of the molecule is COCC(CCO)NC(=O)C1CCCOC1. The zero-order valence-electron chi connectivity index (χ0n) is 9.78. The van der Waals surface area contributed by atoms with Crippen molar-refractivity contribution in [3.05, 3.63) is 0 Å². The van der Waals surface area contributed by atoms with E-state index in [1.54, 1.807) is 7.11 Å². The Hall–Kier alpha value is -0.650. The number of methoxy groups -OCH3 is 1. The summed E-state index contributed by atoms with van der Waals surface area (Å²) in [5, 5.41) is 11.7. The predicted molar refractivity (Wildman–Crippen MR) is 59.1 cm³/mol. The van der Waals surface area contributed by atoms with Crippen LogP contribution in [-0.2, 0) is 14.3 Å². The minimum absolute atomic E-state index is 0.00944. The molecule has 2 unspecified atom stereocenters. The molecule has 1 heterocycles. The second-order valence-electron chi connectivity index (χ2n) is 4.09. The van der Waals surface area contributed by atoms with Gasteiger partial charge in [0.15, 0.2) is 0 Å². The van der Waals surface area contributed by atoms with Crippen molar-refractivity contribution in [1.82, 2.24) is 5.32 Å². The van der Waals surface area contributed by atoms with Gasteiger partial charge < -0.3 is 19.9 Å². The molecular formula is C11H21NO4. The van der Waals surface area contributed by atoms with Gasteiger partial charge in [-0.1, -0.05) is 0 Å². The zero-order chi connectivity index (χ0) is 11.8. The fraction of sp³-hybridized carbons (Fsp3) is 0.909. The van der Waals surface area contributed by atoms with Crippen LogP contribution >= 0.6 is 0 Å². The maximum Gasteiger partial charge on any atom is 0.225 e. The van der Waals surface area contributed by atoms with Crippen molar-refractivity contribution in [3.8, 4) is 0 Å². The third-order valence-corrected chi connectivity index (χ3v) is 2.72. The van der Waals surface area contributed by atoms with Crippen LogP contribution in [0.3, 0.4) is 0 Å². The molecule has 0 saturated carbocycles. The van der Waals surface area contributed by atoms with Crippen molar-refractivity contribution < 1.29 is 19.4 Å². The summed E-state index contributed by atoms with van der Waals surface area (Å²) >= 11 is 0. The number of ether oxygens (including phenoxy) is 2. The first-order valence-electron chi connectivity index (χ1n) is 5.75. The van der Waals surface area contributed by atoms with Gasteiger partial charge in [0, 0.05) is 20.3 Å². The van der Waals surface area contributed by atoms with E-state index in [0.29, 0.717) is 19.6 Å². The average molecular weight is 231 g/mol. The quantitative estimate of drug-likeness (QED) is 0.671. The Balaban J connectivity index is 2.33. The molecule has 2 N–H and O–H groups in total. The summed E-state index contributed by atoms with van der Waals surface area (Å²) in [5.74, 6) is -0.0398. The molecule has 0 aromatic rings. The van der Waals surface area contributed by atoms with Crippen molar-refractivity contribution in [2.24, 2.45) is 5.92 Å². The molecule has 0 aromatic carbocycles. The van der Waals surface area contributed by atoms with Gasteiger partial charge in [0.25, 0.3) is 0 Å². The van der Waals surface area contributed by atoms with E-state index >= 15 is 0 Å². The monoisotopic (exact) mass is 231 g/mol. The van der Waals surface area contributed by atoms with Crippen LogP contribution in [0.5, 0.6) is 0 Å². The molecule has 5 nitrogen and oxygen atoms in total. The first kappa shape index (κ1) is 13.4. The van der Waals surface area contributed by atoms with E-state index in [4.69, 9.17) is 14.6 Å². The van der Waals surface area contributed by atoms with Gasteiger partial charge in [-0.2, -0.15) is 0 Å². The smallest absolute Gasteiger partial charge is 0.225 e. The van der Waals surface area contributed by atoms with E-state index in [0.717, 1.165) is 19.4 Å². The first-order valence-corrected chi connectivity index (χ1v) is 5.75. The van der Waals surface area contributed by atoms with Crippen LogP contribution in [0.25, 0.3) is 0 Å². The lowest BCUT2D eigenvalue weighted by Crippen LogP contribution is -2.44. The second-order valence-corrected chi connectivity index (χ2v) is 4.09. The Bertz CT molecular complexity index is 198. The standard InChI is InChI=1S/C11H21NO4/c1-15-8-10(4-5-13)12-11(14)9-3-2-6-16-7-9/h9-10,13H,2-8H2,1H3,(H,12,14). The van der Waals surface area contributed by atoms with Gasteiger partial charge in [-0.3, -0.25) is 4.79 Å². The molecule has 1 rings (SSSR count). The van der Waals surface area contributed by atoms with Crippen LogP contribution in [0.1, 0.15) is 19.3 Å². The van der Waals surface area contributed by atoms with Gasteiger partial charge in [-0.05, 0) is 19.3 Å². The minimum atomic E-state index is -0.107. The molecule has 0 bridgehead atoms. The summed E-state index contributed by atoms with van der Waals surface area (Å²) in [6.07, 6.45) is 2.34. The fourth-order valence-corrected chi connectivity index (χ4v) is 1.82. The topological polar surface area (TPSA) is 67.8 Å². The van der Waals surface area contributed by atoms with E-state index < -0.39 is 0 Å². The van der Waals surface area contributed by atoms with Crippen LogP contribution in [0.4, 0.5) is 0 Å². The van der Waals surface area contributed by atoms with Crippen LogP contribution in [-0.4, -0.2) is 50.6 Å². The number of carbonyl (C=O) groups is 1. The number of amides is 1. The summed E-state index contributed by atoms with van der Waals surface area (Å²) in [4.78, 5) is 11.8. The highest BCUT2D eigenvalue weighted by atomic mass is 16.5. The lowest BCUT2D eigenvalue weighted by Gasteiger charge is -2.24. The Kier molecular flexibility index (Phi) is 6.37. The van der Waals surface area contributed by atoms with E-state index in [-0.39, 0.29) is 24.5 Å². The van der Waals surface area contributed by atoms with Gasteiger partial charge in [0.2, 0.25) is 5.91 Å². The van der Waals surface area contributed by atoms with E-state index in [9.17, 15) is 4.79 Å². The van der Waals surface area contributed by atoms with Gasteiger partial charge in [-0.15, -0.1) is 0 Å². The van der Waals surface area contributed by atoms with E-state index in [2.05, 4.69) is 5.32 Å². The normalized spacial score (nSPS) is 22.8. The molecule has 94 valence electrons. The molecule has 2 atom stereocenters. The lowest BCUT2D eigenvalue weighted by molar-refractivity contribution is -0.130. The molecule has 1 aliphatic rings. The number of hydrogen-bond acceptors (Lipinski definition) is 4. The number of aliphatic hydroxyl groups excluding tert-OH is 1. The Labute approximate surface area is 96.1 Å². The zero-order valence-corrected chi connectivity index (χ0v) is 9.78. The van der Waals surface area contributed by atoms with Crippen molar-refractivity contribution >= 4 is 5.91 Å². The lowest BCUT2D eigenvalue weighted by atomic mass is 10.0. The van der Waals surface area contributed by atoms with Crippen molar-refractivity contribution in [2.75, 3.05) is 33.5 Å². The van der Waals surface area contributed by atoms with Crippen LogP contribution < -0.4 is 5.32 Å². The molecule has 0 spiro atoms. The van der Waals surface area contributed by atoms with Crippen molar-refractivity contribution in [2.45, 2.75) is 25.3 Å². The minimum Gasteiger partial charge on any atom is -0.396 e. The molecular weight excluding hydrogens is 210 g/mol. The molecule has 5 heteroatoms. The molecule has 0 radical (unpaired) electrons. The van der Waals surface area contributed by atoms with Crippen molar-refractivity contribution in [1.29, 1.82) is 0 Å². The first-order chi connectivity index (χ1) is 7.77. The number of carbonyl (C=O) groups excluding carboxylic acids is 1.